The Morgan fingerprint density at radius 3 is 2.62 bits per heavy atom. The molecule has 1 heterocycles. The van der Waals surface area contributed by atoms with Crippen LogP contribution in [0.5, 0.6) is 0 Å². The average Bonchev–Trinajstić information content (AvgIpc) is 3.09. The van der Waals surface area contributed by atoms with E-state index in [1.54, 1.807) is 19.1 Å². The van der Waals surface area contributed by atoms with E-state index in [2.05, 4.69) is 5.32 Å². The largest absolute Gasteiger partial charge is 0.478 e. The summed E-state index contributed by atoms with van der Waals surface area (Å²) in [6.45, 7) is 3.24. The van der Waals surface area contributed by atoms with Crippen LogP contribution >= 0.6 is 11.6 Å². The van der Waals surface area contributed by atoms with Crippen molar-refractivity contribution < 1.29 is 14.3 Å². The summed E-state index contributed by atoms with van der Waals surface area (Å²) in [6, 6.07) is 16.8. The predicted octanol–water partition coefficient (Wildman–Crippen LogP) is 4.94. The lowest BCUT2D eigenvalue weighted by Gasteiger charge is -2.06. The molecule has 0 radical (unpaired) electrons. The second kappa shape index (κ2) is 8.21. The molecule has 0 bridgehead atoms. The number of furan rings is 1. The number of carboxylic acids is 1. The van der Waals surface area contributed by atoms with Crippen LogP contribution in [0.15, 0.2) is 59.0 Å². The molecule has 0 aliphatic heterocycles. The standard InChI is InChI=1S/C21H20ClNO3/c1-14-18(3-2-4-19(14)21(24)25)20-10-9-17(26-20)13-23-12-11-15-5-7-16(22)8-6-15/h2-10,23H,11-13H2,1H3,(H,24,25). The number of hydrogen-bond acceptors (Lipinski definition) is 3. The summed E-state index contributed by atoms with van der Waals surface area (Å²) in [5.41, 5.74) is 3.03. The monoisotopic (exact) mass is 369 g/mol. The van der Waals surface area contributed by atoms with E-state index in [0.29, 0.717) is 23.4 Å². The molecule has 0 atom stereocenters. The lowest BCUT2D eigenvalue weighted by Crippen LogP contribution is -2.16. The van der Waals surface area contributed by atoms with Crippen molar-refractivity contribution >= 4 is 17.6 Å². The number of carboxylic acid groups (broad SMARTS) is 1. The summed E-state index contributed by atoms with van der Waals surface area (Å²) in [5, 5.41) is 13.3. The van der Waals surface area contributed by atoms with E-state index in [0.717, 1.165) is 29.3 Å². The zero-order valence-corrected chi connectivity index (χ0v) is 15.2. The normalized spacial score (nSPS) is 10.8. The van der Waals surface area contributed by atoms with E-state index >= 15 is 0 Å². The Morgan fingerprint density at radius 2 is 1.88 bits per heavy atom. The number of benzene rings is 2. The highest BCUT2D eigenvalue weighted by Gasteiger charge is 2.13. The molecule has 134 valence electrons. The molecular formula is C21H20ClNO3. The Labute approximate surface area is 157 Å². The van der Waals surface area contributed by atoms with Gasteiger partial charge in [-0.15, -0.1) is 0 Å². The molecule has 2 N–H and O–H groups in total. The first kappa shape index (κ1) is 18.2. The van der Waals surface area contributed by atoms with E-state index < -0.39 is 5.97 Å². The van der Waals surface area contributed by atoms with Gasteiger partial charge in [-0.3, -0.25) is 0 Å². The topological polar surface area (TPSA) is 62.5 Å². The number of carbonyl (C=O) groups is 1. The van der Waals surface area contributed by atoms with E-state index in [9.17, 15) is 9.90 Å². The van der Waals surface area contributed by atoms with Gasteiger partial charge in [-0.2, -0.15) is 0 Å². The molecule has 0 aliphatic rings. The summed E-state index contributed by atoms with van der Waals surface area (Å²) in [5.74, 6) is 0.566. The van der Waals surface area contributed by atoms with Crippen molar-refractivity contribution in [1.82, 2.24) is 5.32 Å². The molecule has 5 heteroatoms. The smallest absolute Gasteiger partial charge is 0.335 e. The highest BCUT2D eigenvalue weighted by Crippen LogP contribution is 2.27. The van der Waals surface area contributed by atoms with Crippen LogP contribution in [0.4, 0.5) is 0 Å². The Morgan fingerprint density at radius 1 is 1.12 bits per heavy atom. The summed E-state index contributed by atoms with van der Waals surface area (Å²) < 4.78 is 5.88. The van der Waals surface area contributed by atoms with Crippen LogP contribution in [0.3, 0.4) is 0 Å². The van der Waals surface area contributed by atoms with Crippen LogP contribution in [0.1, 0.15) is 27.2 Å². The van der Waals surface area contributed by atoms with Crippen LogP contribution < -0.4 is 5.32 Å². The summed E-state index contributed by atoms with van der Waals surface area (Å²) in [7, 11) is 0. The average molecular weight is 370 g/mol. The maximum absolute atomic E-state index is 11.3. The minimum Gasteiger partial charge on any atom is -0.478 e. The highest BCUT2D eigenvalue weighted by atomic mass is 35.5. The second-order valence-corrected chi connectivity index (χ2v) is 6.54. The maximum Gasteiger partial charge on any atom is 0.335 e. The van der Waals surface area contributed by atoms with Crippen LogP contribution in [0.2, 0.25) is 5.02 Å². The van der Waals surface area contributed by atoms with Gasteiger partial charge in [0.25, 0.3) is 0 Å². The van der Waals surface area contributed by atoms with Gasteiger partial charge in [0.2, 0.25) is 0 Å². The highest BCUT2D eigenvalue weighted by molar-refractivity contribution is 6.30. The Balaban J connectivity index is 1.59. The van der Waals surface area contributed by atoms with Gasteiger partial charge in [0.15, 0.2) is 0 Å². The van der Waals surface area contributed by atoms with Crippen molar-refractivity contribution in [2.45, 2.75) is 19.9 Å². The first-order valence-corrected chi connectivity index (χ1v) is 8.79. The molecule has 3 aromatic rings. The van der Waals surface area contributed by atoms with E-state index in [1.807, 2.05) is 42.5 Å². The lowest BCUT2D eigenvalue weighted by atomic mass is 10.0. The fourth-order valence-corrected chi connectivity index (χ4v) is 2.97. The van der Waals surface area contributed by atoms with Crippen LogP contribution in [-0.2, 0) is 13.0 Å². The molecule has 0 unspecified atom stereocenters. The van der Waals surface area contributed by atoms with Crippen LogP contribution in [0, 0.1) is 6.92 Å². The number of hydrogen-bond donors (Lipinski definition) is 2. The Hall–Kier alpha value is -2.56. The molecule has 0 saturated carbocycles. The molecule has 2 aromatic carbocycles. The predicted molar refractivity (Wildman–Crippen MR) is 103 cm³/mol. The third-order valence-corrected chi connectivity index (χ3v) is 4.55. The molecule has 0 amide bonds. The van der Waals surface area contributed by atoms with Crippen molar-refractivity contribution in [3.8, 4) is 11.3 Å². The van der Waals surface area contributed by atoms with Gasteiger partial charge in [0.05, 0.1) is 12.1 Å². The molecule has 0 aliphatic carbocycles. The van der Waals surface area contributed by atoms with E-state index in [1.165, 1.54) is 5.56 Å². The quantitative estimate of drug-likeness (QED) is 0.579. The third kappa shape index (κ3) is 4.34. The summed E-state index contributed by atoms with van der Waals surface area (Å²) in [4.78, 5) is 11.3. The van der Waals surface area contributed by atoms with Gasteiger partial charge in [-0.25, -0.2) is 4.79 Å². The molecule has 0 fully saturated rings. The lowest BCUT2D eigenvalue weighted by molar-refractivity contribution is 0.0696. The van der Waals surface area contributed by atoms with Crippen LogP contribution in [0.25, 0.3) is 11.3 Å². The van der Waals surface area contributed by atoms with Crippen molar-refractivity contribution in [3.63, 3.8) is 0 Å². The Kier molecular flexibility index (Phi) is 5.76. The summed E-state index contributed by atoms with van der Waals surface area (Å²) >= 11 is 5.88. The van der Waals surface area contributed by atoms with Crippen molar-refractivity contribution in [3.05, 3.63) is 82.1 Å². The van der Waals surface area contributed by atoms with Crippen molar-refractivity contribution in [1.29, 1.82) is 0 Å². The minimum atomic E-state index is -0.931. The van der Waals surface area contributed by atoms with Crippen LogP contribution in [-0.4, -0.2) is 17.6 Å². The van der Waals surface area contributed by atoms with E-state index in [-0.39, 0.29) is 0 Å². The summed E-state index contributed by atoms with van der Waals surface area (Å²) in [6.07, 6.45) is 0.907. The second-order valence-electron chi connectivity index (χ2n) is 6.10. The number of aromatic carboxylic acids is 1. The molecule has 3 rings (SSSR count). The third-order valence-electron chi connectivity index (χ3n) is 4.29. The van der Waals surface area contributed by atoms with E-state index in [4.69, 9.17) is 16.0 Å². The van der Waals surface area contributed by atoms with Crippen molar-refractivity contribution in [2.75, 3.05) is 6.54 Å². The molecule has 4 nitrogen and oxygen atoms in total. The van der Waals surface area contributed by atoms with Gasteiger partial charge in [-0.05, 0) is 61.3 Å². The van der Waals surface area contributed by atoms with Gasteiger partial charge in [0, 0.05) is 10.6 Å². The number of rotatable bonds is 7. The first-order chi connectivity index (χ1) is 12.5. The number of nitrogens with one attached hydrogen (secondary N) is 1. The molecule has 26 heavy (non-hydrogen) atoms. The Bertz CT molecular complexity index is 900. The maximum atomic E-state index is 11.3. The molecular weight excluding hydrogens is 350 g/mol. The van der Waals surface area contributed by atoms with Crippen molar-refractivity contribution in [2.24, 2.45) is 0 Å². The fourth-order valence-electron chi connectivity index (χ4n) is 2.85. The number of halogens is 1. The molecule has 0 saturated heterocycles. The van der Waals surface area contributed by atoms with Gasteiger partial charge < -0.3 is 14.8 Å². The molecule has 1 aromatic heterocycles. The zero-order valence-electron chi connectivity index (χ0n) is 14.5. The minimum absolute atomic E-state index is 0.293. The zero-order chi connectivity index (χ0) is 18.5. The molecule has 0 spiro atoms. The first-order valence-electron chi connectivity index (χ1n) is 8.42. The SMILES string of the molecule is Cc1c(C(=O)O)cccc1-c1ccc(CNCCc2ccc(Cl)cc2)o1. The fraction of sp³-hybridized carbons (Fsp3) is 0.190. The van der Waals surface area contributed by atoms with Gasteiger partial charge >= 0.3 is 5.97 Å². The van der Waals surface area contributed by atoms with Gasteiger partial charge in [0.1, 0.15) is 11.5 Å². The van der Waals surface area contributed by atoms with Gasteiger partial charge in [-0.1, -0.05) is 35.9 Å².